The molecule has 3 N–H and O–H groups in total. The number of aliphatic hydroxyl groups is 1. The summed E-state index contributed by atoms with van der Waals surface area (Å²) in [7, 11) is 0. The fourth-order valence-electron chi connectivity index (χ4n) is 4.75. The predicted molar refractivity (Wildman–Crippen MR) is 122 cm³/mol. The van der Waals surface area contributed by atoms with Gasteiger partial charge in [-0.1, -0.05) is 0 Å². The highest BCUT2D eigenvalue weighted by molar-refractivity contribution is 6.00. The second kappa shape index (κ2) is 8.48. The summed E-state index contributed by atoms with van der Waals surface area (Å²) < 4.78 is 42.3. The summed E-state index contributed by atoms with van der Waals surface area (Å²) >= 11 is 0. The van der Waals surface area contributed by atoms with Crippen LogP contribution in [0.25, 0.3) is 33.3 Å². The number of β-amino-alcohol motifs (C(OH)–C–C–N with tert-alkyl or cyclic N) is 1. The number of fused-ring (bicyclic) bond motifs is 3. The Labute approximate surface area is 193 Å². The highest BCUT2D eigenvalue weighted by Gasteiger charge is 2.34. The molecule has 0 aromatic carbocycles. The van der Waals surface area contributed by atoms with Crippen molar-refractivity contribution in [2.45, 2.75) is 32.0 Å². The van der Waals surface area contributed by atoms with Crippen LogP contribution in [-0.4, -0.2) is 60.8 Å². The third kappa shape index (κ3) is 3.94. The van der Waals surface area contributed by atoms with Gasteiger partial charge in [0.15, 0.2) is 0 Å². The molecule has 34 heavy (non-hydrogen) atoms. The monoisotopic (exact) mass is 471 g/mol. The van der Waals surface area contributed by atoms with Crippen LogP contribution in [0.3, 0.4) is 0 Å². The van der Waals surface area contributed by atoms with Gasteiger partial charge in [0.1, 0.15) is 22.7 Å². The molecule has 178 valence electrons. The zero-order chi connectivity index (χ0) is 24.0. The van der Waals surface area contributed by atoms with Crippen molar-refractivity contribution in [2.24, 2.45) is 0 Å². The van der Waals surface area contributed by atoms with E-state index in [-0.39, 0.29) is 18.2 Å². The second-order valence-electron chi connectivity index (χ2n) is 8.54. The lowest BCUT2D eigenvalue weighted by molar-refractivity contribution is -0.137. The maximum absolute atomic E-state index is 13.4. The number of anilines is 1. The van der Waals surface area contributed by atoms with E-state index in [1.165, 1.54) is 6.20 Å². The number of likely N-dealkylation sites (tertiary alicyclic amines) is 1. The number of aliphatic hydroxyl groups excluding tert-OH is 1. The van der Waals surface area contributed by atoms with Crippen LogP contribution in [0.4, 0.5) is 19.0 Å². The van der Waals surface area contributed by atoms with Crippen molar-refractivity contribution in [1.29, 1.82) is 0 Å². The van der Waals surface area contributed by atoms with Gasteiger partial charge in [-0.25, -0.2) is 15.0 Å². The number of aryl methyl sites for hydroxylation is 1. The molecule has 1 saturated heterocycles. The number of nitrogen functional groups attached to an aromatic ring is 1. The van der Waals surface area contributed by atoms with Crippen molar-refractivity contribution in [3.63, 3.8) is 0 Å². The summed E-state index contributed by atoms with van der Waals surface area (Å²) in [6.45, 7) is 4.46. The van der Waals surface area contributed by atoms with Crippen LogP contribution >= 0.6 is 0 Å². The number of aromatic nitrogens is 5. The fourth-order valence-corrected chi connectivity index (χ4v) is 4.75. The average molecular weight is 471 g/mol. The molecule has 0 amide bonds. The Balaban J connectivity index is 1.62. The SMILES string of the molecule is Cc1nc2cnc3ccc(-c4cnc(N)c(C(F)(F)F)c4)nc3c2n1C1CCN(CCO)CC1. The number of hydrogen-bond donors (Lipinski definition) is 2. The molecule has 0 aliphatic carbocycles. The van der Waals surface area contributed by atoms with Gasteiger partial charge >= 0.3 is 6.18 Å². The van der Waals surface area contributed by atoms with Gasteiger partial charge in [-0.3, -0.25) is 4.98 Å². The Kier molecular flexibility index (Phi) is 5.61. The van der Waals surface area contributed by atoms with E-state index in [1.54, 1.807) is 18.3 Å². The topological polar surface area (TPSA) is 106 Å². The lowest BCUT2D eigenvalue weighted by Crippen LogP contribution is -2.36. The quantitative estimate of drug-likeness (QED) is 0.469. The molecular weight excluding hydrogens is 447 g/mol. The molecule has 4 aromatic heterocycles. The predicted octanol–water partition coefficient (Wildman–Crippen LogP) is 3.58. The number of piperidine rings is 1. The van der Waals surface area contributed by atoms with Gasteiger partial charge in [0.2, 0.25) is 0 Å². The van der Waals surface area contributed by atoms with Gasteiger partial charge in [-0.2, -0.15) is 13.2 Å². The Hall–Kier alpha value is -3.31. The van der Waals surface area contributed by atoms with E-state index >= 15 is 0 Å². The number of imidazole rings is 1. The second-order valence-corrected chi connectivity index (χ2v) is 8.54. The zero-order valence-corrected chi connectivity index (χ0v) is 18.5. The molecule has 0 spiro atoms. The lowest BCUT2D eigenvalue weighted by atomic mass is 10.0. The number of alkyl halides is 3. The third-order valence-electron chi connectivity index (χ3n) is 6.40. The van der Waals surface area contributed by atoms with E-state index in [9.17, 15) is 18.3 Å². The first-order valence-corrected chi connectivity index (χ1v) is 11.1. The Morgan fingerprint density at radius 2 is 1.85 bits per heavy atom. The van der Waals surface area contributed by atoms with Crippen LogP contribution in [-0.2, 0) is 6.18 Å². The number of halogens is 3. The maximum atomic E-state index is 13.4. The van der Waals surface area contributed by atoms with E-state index < -0.39 is 17.6 Å². The first kappa shape index (κ1) is 22.5. The number of rotatable bonds is 4. The molecule has 5 heterocycles. The van der Waals surface area contributed by atoms with Crippen molar-refractivity contribution < 1.29 is 18.3 Å². The van der Waals surface area contributed by atoms with Crippen LogP contribution < -0.4 is 5.73 Å². The van der Waals surface area contributed by atoms with Gasteiger partial charge < -0.3 is 20.3 Å². The van der Waals surface area contributed by atoms with E-state index in [1.807, 2.05) is 6.92 Å². The van der Waals surface area contributed by atoms with Gasteiger partial charge in [0, 0.05) is 37.4 Å². The minimum Gasteiger partial charge on any atom is -0.395 e. The molecule has 0 unspecified atom stereocenters. The number of hydrogen-bond acceptors (Lipinski definition) is 7. The zero-order valence-electron chi connectivity index (χ0n) is 18.5. The lowest BCUT2D eigenvalue weighted by Gasteiger charge is -2.33. The highest BCUT2D eigenvalue weighted by atomic mass is 19.4. The Morgan fingerprint density at radius 1 is 1.09 bits per heavy atom. The third-order valence-corrected chi connectivity index (χ3v) is 6.40. The Morgan fingerprint density at radius 3 is 2.56 bits per heavy atom. The summed E-state index contributed by atoms with van der Waals surface area (Å²) in [5.74, 6) is 0.271. The fraction of sp³-hybridized carbons (Fsp3) is 0.391. The molecule has 1 fully saturated rings. The molecule has 1 aliphatic rings. The molecule has 5 rings (SSSR count). The maximum Gasteiger partial charge on any atom is 0.419 e. The van der Waals surface area contributed by atoms with E-state index in [0.717, 1.165) is 43.3 Å². The van der Waals surface area contributed by atoms with Gasteiger partial charge in [0.25, 0.3) is 0 Å². The smallest absolute Gasteiger partial charge is 0.395 e. The molecule has 0 saturated carbocycles. The van der Waals surface area contributed by atoms with Crippen LogP contribution in [0.1, 0.15) is 30.3 Å². The summed E-state index contributed by atoms with van der Waals surface area (Å²) in [5, 5.41) is 9.22. The number of nitrogens with two attached hydrogens (primary N) is 1. The van der Waals surface area contributed by atoms with Crippen molar-refractivity contribution in [3.8, 4) is 11.3 Å². The van der Waals surface area contributed by atoms with Crippen molar-refractivity contribution >= 4 is 27.9 Å². The molecule has 11 heteroatoms. The molecular formula is C23H24F3N7O. The van der Waals surface area contributed by atoms with Crippen LogP contribution in [0, 0.1) is 6.92 Å². The minimum atomic E-state index is -4.61. The average Bonchev–Trinajstić information content (AvgIpc) is 3.15. The number of nitrogens with zero attached hydrogens (tertiary/aromatic N) is 6. The molecule has 1 aliphatic heterocycles. The summed E-state index contributed by atoms with van der Waals surface area (Å²) in [4.78, 5) is 19.8. The molecule has 4 aromatic rings. The van der Waals surface area contributed by atoms with Crippen molar-refractivity contribution in [1.82, 2.24) is 29.4 Å². The van der Waals surface area contributed by atoms with E-state index in [0.29, 0.717) is 28.8 Å². The highest BCUT2D eigenvalue weighted by Crippen LogP contribution is 2.36. The molecule has 0 radical (unpaired) electrons. The van der Waals surface area contributed by atoms with E-state index in [4.69, 9.17) is 10.7 Å². The van der Waals surface area contributed by atoms with Gasteiger partial charge in [-0.15, -0.1) is 0 Å². The first-order valence-electron chi connectivity index (χ1n) is 11.1. The van der Waals surface area contributed by atoms with Crippen molar-refractivity contribution in [3.05, 3.63) is 42.0 Å². The standard InChI is InChI=1S/C23H24F3N7O/c1-13-30-19-12-28-18-3-2-17(14-10-16(23(24,25)26)22(27)29-11-14)31-20(18)21(19)33(13)15-4-6-32(7-5-15)8-9-34/h2-3,10-12,15,34H,4-9H2,1H3,(H2,27,29). The van der Waals surface area contributed by atoms with E-state index in [2.05, 4.69) is 24.4 Å². The normalized spacial score (nSPS) is 16.0. The number of pyridine rings is 3. The molecule has 0 bridgehead atoms. The molecule has 8 nitrogen and oxygen atoms in total. The van der Waals surface area contributed by atoms with Gasteiger partial charge in [0.05, 0.1) is 35.1 Å². The minimum absolute atomic E-state index is 0.136. The Bertz CT molecular complexity index is 1360. The van der Waals surface area contributed by atoms with Crippen LogP contribution in [0.15, 0.2) is 30.6 Å². The first-order chi connectivity index (χ1) is 16.3. The van der Waals surface area contributed by atoms with Crippen LogP contribution in [0.5, 0.6) is 0 Å². The summed E-state index contributed by atoms with van der Waals surface area (Å²) in [5.41, 5.74) is 7.78. The molecule has 0 atom stereocenters. The van der Waals surface area contributed by atoms with Gasteiger partial charge in [-0.05, 0) is 38.0 Å². The summed E-state index contributed by atoms with van der Waals surface area (Å²) in [6.07, 6.45) is 0.181. The largest absolute Gasteiger partial charge is 0.419 e. The summed E-state index contributed by atoms with van der Waals surface area (Å²) in [6, 6.07) is 4.56. The van der Waals surface area contributed by atoms with Crippen LogP contribution in [0.2, 0.25) is 0 Å². The van der Waals surface area contributed by atoms with Crippen molar-refractivity contribution in [2.75, 3.05) is 32.0 Å².